The SMILES string of the molecule is Cc1nc(NNC(=O)[C@H](CC2CCCC2)CN(O)C=O)c(F)c(N2CCC(c3cccnc3)C2)n1. The largest absolute Gasteiger partial charge is 0.353 e. The molecule has 4 rings (SSSR count). The summed E-state index contributed by atoms with van der Waals surface area (Å²) in [5.74, 6) is -0.701. The summed E-state index contributed by atoms with van der Waals surface area (Å²) >= 11 is 0. The lowest BCUT2D eigenvalue weighted by Gasteiger charge is -2.23. The molecule has 188 valence electrons. The minimum absolute atomic E-state index is 0.124. The third kappa shape index (κ3) is 6.21. The van der Waals surface area contributed by atoms with Crippen molar-refractivity contribution in [1.29, 1.82) is 0 Å². The van der Waals surface area contributed by atoms with Gasteiger partial charge in [-0.25, -0.2) is 15.0 Å². The minimum atomic E-state index is -0.647. The molecule has 1 saturated heterocycles. The fraction of sp³-hybridized carbons (Fsp3) is 0.542. The molecular formula is C24H32FN7O3. The van der Waals surface area contributed by atoms with Gasteiger partial charge in [-0.1, -0.05) is 31.7 Å². The third-order valence-electron chi connectivity index (χ3n) is 6.89. The van der Waals surface area contributed by atoms with E-state index in [0.717, 1.165) is 37.7 Å². The van der Waals surface area contributed by atoms with Crippen LogP contribution in [0.15, 0.2) is 24.5 Å². The van der Waals surface area contributed by atoms with Crippen LogP contribution in [-0.4, -0.2) is 57.2 Å². The Kier molecular flexibility index (Phi) is 8.06. The Labute approximate surface area is 203 Å². The quantitative estimate of drug-likeness (QED) is 0.267. The van der Waals surface area contributed by atoms with Gasteiger partial charge < -0.3 is 4.90 Å². The monoisotopic (exact) mass is 485 g/mol. The molecule has 1 aliphatic heterocycles. The van der Waals surface area contributed by atoms with Crippen LogP contribution in [0.3, 0.4) is 0 Å². The minimum Gasteiger partial charge on any atom is -0.353 e. The van der Waals surface area contributed by atoms with E-state index in [1.165, 1.54) is 0 Å². The first kappa shape index (κ1) is 24.8. The molecule has 2 aromatic heterocycles. The summed E-state index contributed by atoms with van der Waals surface area (Å²) in [6.07, 6.45) is 9.48. The van der Waals surface area contributed by atoms with Gasteiger partial charge in [0.25, 0.3) is 0 Å². The molecule has 2 amide bonds. The van der Waals surface area contributed by atoms with Crippen LogP contribution in [0.25, 0.3) is 0 Å². The summed E-state index contributed by atoms with van der Waals surface area (Å²) in [4.78, 5) is 38.3. The number of rotatable bonds is 10. The maximum absolute atomic E-state index is 15.4. The number of nitrogens with one attached hydrogen (secondary N) is 2. The van der Waals surface area contributed by atoms with Crippen molar-refractivity contribution in [2.45, 2.75) is 51.4 Å². The van der Waals surface area contributed by atoms with E-state index in [2.05, 4.69) is 25.8 Å². The second kappa shape index (κ2) is 11.4. The summed E-state index contributed by atoms with van der Waals surface area (Å²) in [6.45, 7) is 2.78. The van der Waals surface area contributed by atoms with Crippen molar-refractivity contribution in [3.63, 3.8) is 0 Å². The van der Waals surface area contributed by atoms with Crippen molar-refractivity contribution in [2.24, 2.45) is 11.8 Å². The Hall–Kier alpha value is -3.34. The lowest BCUT2D eigenvalue weighted by molar-refractivity contribution is -0.154. The molecule has 35 heavy (non-hydrogen) atoms. The van der Waals surface area contributed by atoms with Crippen molar-refractivity contribution in [1.82, 2.24) is 25.4 Å². The molecule has 0 aromatic carbocycles. The van der Waals surface area contributed by atoms with Gasteiger partial charge in [0.15, 0.2) is 11.6 Å². The van der Waals surface area contributed by atoms with Crippen LogP contribution in [0, 0.1) is 24.6 Å². The summed E-state index contributed by atoms with van der Waals surface area (Å²) in [6, 6.07) is 3.91. The highest BCUT2D eigenvalue weighted by atomic mass is 19.1. The van der Waals surface area contributed by atoms with E-state index in [0.29, 0.717) is 36.3 Å². The van der Waals surface area contributed by atoms with E-state index >= 15 is 4.39 Å². The standard InChI is InChI=1S/C24H32FN7O3/c1-16-27-22(29-30-24(34)20(14-32(35)15-33)11-17-5-2-3-6-17)21(25)23(28-16)31-10-8-19(13-31)18-7-4-9-26-12-18/h4,7,9,12,15,17,19-20,35H,2-3,5-6,8,10-11,13-14H2,1H3,(H,30,34)(H,27,28,29)/t19?,20-/m1/s1. The number of nitrogens with zero attached hydrogens (tertiary/aromatic N) is 5. The number of carbonyl (C=O) groups excluding carboxylic acids is 2. The molecule has 0 radical (unpaired) electrons. The highest BCUT2D eigenvalue weighted by Gasteiger charge is 2.30. The number of aryl methyl sites for hydroxylation is 1. The Morgan fingerprint density at radius 2 is 2.14 bits per heavy atom. The molecule has 2 fully saturated rings. The number of halogens is 1. The van der Waals surface area contributed by atoms with Crippen molar-refractivity contribution in [3.8, 4) is 0 Å². The number of amides is 2. The first-order valence-electron chi connectivity index (χ1n) is 12.1. The molecule has 3 heterocycles. The first-order valence-corrected chi connectivity index (χ1v) is 12.1. The van der Waals surface area contributed by atoms with E-state index in [4.69, 9.17) is 0 Å². The van der Waals surface area contributed by atoms with Crippen LogP contribution in [0.4, 0.5) is 16.0 Å². The van der Waals surface area contributed by atoms with Gasteiger partial charge in [0.05, 0.1) is 12.5 Å². The topological polar surface area (TPSA) is 124 Å². The molecule has 1 saturated carbocycles. The summed E-state index contributed by atoms with van der Waals surface area (Å²) in [5.41, 5.74) is 6.23. The predicted octanol–water partition coefficient (Wildman–Crippen LogP) is 2.80. The van der Waals surface area contributed by atoms with Gasteiger partial charge in [-0.05, 0) is 37.3 Å². The molecule has 2 aromatic rings. The Balaban J connectivity index is 1.43. The van der Waals surface area contributed by atoms with Crippen molar-refractivity contribution in [3.05, 3.63) is 41.7 Å². The van der Waals surface area contributed by atoms with E-state index in [1.807, 2.05) is 23.2 Å². The van der Waals surface area contributed by atoms with Crippen molar-refractivity contribution in [2.75, 3.05) is 30.0 Å². The van der Waals surface area contributed by atoms with Gasteiger partial charge in [-0.2, -0.15) is 4.39 Å². The maximum Gasteiger partial charge on any atom is 0.243 e. The van der Waals surface area contributed by atoms with E-state index in [1.54, 1.807) is 13.1 Å². The average Bonchev–Trinajstić information content (AvgIpc) is 3.56. The van der Waals surface area contributed by atoms with E-state index in [-0.39, 0.29) is 30.5 Å². The molecule has 3 N–H and O–H groups in total. The van der Waals surface area contributed by atoms with Gasteiger partial charge >= 0.3 is 0 Å². The Bertz CT molecular complexity index is 1020. The van der Waals surface area contributed by atoms with Crippen molar-refractivity contribution >= 4 is 24.0 Å². The number of hydroxylamine groups is 2. The molecule has 1 aliphatic carbocycles. The van der Waals surface area contributed by atoms with Gasteiger partial charge in [-0.3, -0.25) is 30.6 Å². The van der Waals surface area contributed by atoms with Gasteiger partial charge in [0.1, 0.15) is 5.82 Å². The number of hydrazine groups is 1. The fourth-order valence-electron chi connectivity index (χ4n) is 5.08. The number of pyridine rings is 1. The predicted molar refractivity (Wildman–Crippen MR) is 127 cm³/mol. The highest BCUT2D eigenvalue weighted by Crippen LogP contribution is 2.33. The third-order valence-corrected chi connectivity index (χ3v) is 6.89. The average molecular weight is 486 g/mol. The van der Waals surface area contributed by atoms with Crippen LogP contribution in [0.1, 0.15) is 55.8 Å². The molecule has 0 spiro atoms. The number of hydrogen-bond acceptors (Lipinski definition) is 8. The molecule has 11 heteroatoms. The first-order chi connectivity index (χ1) is 16.9. The van der Waals surface area contributed by atoms with Gasteiger partial charge in [-0.15, -0.1) is 0 Å². The highest BCUT2D eigenvalue weighted by molar-refractivity contribution is 5.80. The smallest absolute Gasteiger partial charge is 0.243 e. The number of hydrogen-bond donors (Lipinski definition) is 3. The van der Waals surface area contributed by atoms with Gasteiger partial charge in [0, 0.05) is 31.4 Å². The van der Waals surface area contributed by atoms with Crippen LogP contribution in [-0.2, 0) is 9.59 Å². The molecule has 0 bridgehead atoms. The van der Waals surface area contributed by atoms with E-state index < -0.39 is 17.6 Å². The Morgan fingerprint density at radius 3 is 2.86 bits per heavy atom. The number of aromatic nitrogens is 3. The summed E-state index contributed by atoms with van der Waals surface area (Å²) < 4.78 is 15.4. The zero-order valence-electron chi connectivity index (χ0n) is 19.9. The van der Waals surface area contributed by atoms with Crippen LogP contribution in [0.2, 0.25) is 0 Å². The second-order valence-electron chi connectivity index (χ2n) is 9.40. The van der Waals surface area contributed by atoms with Gasteiger partial charge in [0.2, 0.25) is 18.1 Å². The lowest BCUT2D eigenvalue weighted by atomic mass is 9.92. The molecule has 2 aliphatic rings. The van der Waals surface area contributed by atoms with Crippen LogP contribution < -0.4 is 15.8 Å². The fourth-order valence-corrected chi connectivity index (χ4v) is 5.08. The normalized spacial score (nSPS) is 18.9. The zero-order valence-corrected chi connectivity index (χ0v) is 19.9. The lowest BCUT2D eigenvalue weighted by Crippen LogP contribution is -2.41. The van der Waals surface area contributed by atoms with Crippen LogP contribution in [0.5, 0.6) is 0 Å². The maximum atomic E-state index is 15.4. The molecule has 10 nitrogen and oxygen atoms in total. The number of carbonyl (C=O) groups is 2. The van der Waals surface area contributed by atoms with Crippen LogP contribution >= 0.6 is 0 Å². The molecule has 1 unspecified atom stereocenters. The molecule has 2 atom stereocenters. The zero-order chi connectivity index (χ0) is 24.8. The summed E-state index contributed by atoms with van der Waals surface area (Å²) in [5, 5.41) is 10.1. The number of anilines is 2. The second-order valence-corrected chi connectivity index (χ2v) is 9.40. The van der Waals surface area contributed by atoms with Crippen molar-refractivity contribution < 1.29 is 19.2 Å². The summed E-state index contributed by atoms with van der Waals surface area (Å²) in [7, 11) is 0. The Morgan fingerprint density at radius 1 is 1.34 bits per heavy atom. The molecular weight excluding hydrogens is 453 g/mol. The van der Waals surface area contributed by atoms with E-state index in [9.17, 15) is 14.8 Å².